The lowest BCUT2D eigenvalue weighted by Crippen LogP contribution is -2.40. The van der Waals surface area contributed by atoms with Gasteiger partial charge in [-0.3, -0.25) is 0 Å². The minimum atomic E-state index is -3.75. The maximum atomic E-state index is 12.5. The summed E-state index contributed by atoms with van der Waals surface area (Å²) in [6.07, 6.45) is 3.17. The van der Waals surface area contributed by atoms with Gasteiger partial charge < -0.3 is 19.6 Å². The number of furan rings is 1. The Morgan fingerprint density at radius 3 is 2.74 bits per heavy atom. The van der Waals surface area contributed by atoms with Gasteiger partial charge in [-0.1, -0.05) is 0 Å². The van der Waals surface area contributed by atoms with Crippen LogP contribution < -0.4 is 5.73 Å². The number of hydrogen-bond acceptors (Lipinski definition) is 7. The number of rotatable bonds is 7. The average molecular weight is 346 g/mol. The quantitative estimate of drug-likeness (QED) is 0.568. The summed E-state index contributed by atoms with van der Waals surface area (Å²) in [7, 11) is -2.53. The molecule has 0 amide bonds. The van der Waals surface area contributed by atoms with Crippen molar-refractivity contribution in [1.82, 2.24) is 4.31 Å². The Morgan fingerprint density at radius 2 is 2.13 bits per heavy atom. The second-order valence-electron chi connectivity index (χ2n) is 5.26. The van der Waals surface area contributed by atoms with Crippen molar-refractivity contribution in [3.05, 3.63) is 17.9 Å². The van der Waals surface area contributed by atoms with E-state index in [1.165, 1.54) is 17.5 Å². The molecule has 1 aliphatic rings. The van der Waals surface area contributed by atoms with Crippen LogP contribution in [0.4, 0.5) is 0 Å². The Kier molecular flexibility index (Phi) is 6.17. The van der Waals surface area contributed by atoms with E-state index in [-0.39, 0.29) is 16.8 Å². The first-order valence-electron chi connectivity index (χ1n) is 7.47. The van der Waals surface area contributed by atoms with Crippen LogP contribution in [0, 0.1) is 0 Å². The molecule has 0 unspecified atom stereocenters. The molecule has 2 rings (SSSR count). The van der Waals surface area contributed by atoms with Crippen LogP contribution in [0.2, 0.25) is 0 Å². The highest BCUT2D eigenvalue weighted by Crippen LogP contribution is 2.24. The molecule has 1 fully saturated rings. The SMILES string of the molecule is COC(=O)c1coc(S(=O)(=O)N2CCC(OCCCN)CC2)c1. The molecule has 1 saturated heterocycles. The first-order valence-corrected chi connectivity index (χ1v) is 8.91. The molecule has 0 radical (unpaired) electrons. The topological polar surface area (TPSA) is 112 Å². The van der Waals surface area contributed by atoms with Gasteiger partial charge in [0.05, 0.1) is 18.8 Å². The van der Waals surface area contributed by atoms with Gasteiger partial charge in [-0.05, 0) is 25.8 Å². The van der Waals surface area contributed by atoms with Gasteiger partial charge in [0, 0.05) is 25.8 Å². The Hall–Kier alpha value is -1.42. The molecule has 1 aromatic heterocycles. The predicted molar refractivity (Wildman–Crippen MR) is 81.5 cm³/mol. The van der Waals surface area contributed by atoms with E-state index in [0.717, 1.165) is 12.7 Å². The van der Waals surface area contributed by atoms with Crippen LogP contribution in [0.5, 0.6) is 0 Å². The Morgan fingerprint density at radius 1 is 1.43 bits per heavy atom. The smallest absolute Gasteiger partial charge is 0.341 e. The summed E-state index contributed by atoms with van der Waals surface area (Å²) in [5, 5.41) is -0.250. The van der Waals surface area contributed by atoms with Gasteiger partial charge in [-0.15, -0.1) is 0 Å². The average Bonchev–Trinajstić information content (AvgIpc) is 3.06. The highest BCUT2D eigenvalue weighted by Gasteiger charge is 2.32. The van der Waals surface area contributed by atoms with Crippen LogP contribution in [0.3, 0.4) is 0 Å². The van der Waals surface area contributed by atoms with Gasteiger partial charge in [0.15, 0.2) is 0 Å². The van der Waals surface area contributed by atoms with E-state index in [1.807, 2.05) is 0 Å². The molecule has 0 saturated carbocycles. The molecule has 23 heavy (non-hydrogen) atoms. The Bertz CT molecular complexity index is 619. The van der Waals surface area contributed by atoms with E-state index in [0.29, 0.717) is 39.1 Å². The molecule has 1 aliphatic heterocycles. The summed E-state index contributed by atoms with van der Waals surface area (Å²) in [5.41, 5.74) is 5.49. The van der Waals surface area contributed by atoms with Crippen molar-refractivity contribution in [2.45, 2.75) is 30.5 Å². The lowest BCUT2D eigenvalue weighted by Gasteiger charge is -2.30. The van der Waals surface area contributed by atoms with Crippen LogP contribution in [0.25, 0.3) is 0 Å². The van der Waals surface area contributed by atoms with Crippen LogP contribution in [-0.4, -0.2) is 58.1 Å². The van der Waals surface area contributed by atoms with Crippen LogP contribution in [-0.2, 0) is 19.5 Å². The minimum Gasteiger partial charge on any atom is -0.465 e. The monoisotopic (exact) mass is 346 g/mol. The maximum absolute atomic E-state index is 12.5. The maximum Gasteiger partial charge on any atom is 0.341 e. The number of piperidine rings is 1. The van der Waals surface area contributed by atoms with Gasteiger partial charge in [-0.2, -0.15) is 4.31 Å². The van der Waals surface area contributed by atoms with Crippen LogP contribution >= 0.6 is 0 Å². The van der Waals surface area contributed by atoms with E-state index in [2.05, 4.69) is 4.74 Å². The molecule has 2 N–H and O–H groups in total. The molecule has 1 aromatic rings. The van der Waals surface area contributed by atoms with E-state index >= 15 is 0 Å². The lowest BCUT2D eigenvalue weighted by molar-refractivity contribution is 0.0207. The number of methoxy groups -OCH3 is 1. The number of hydrogen-bond donors (Lipinski definition) is 1. The Balaban J connectivity index is 1.96. The summed E-state index contributed by atoms with van der Waals surface area (Å²) in [4.78, 5) is 11.4. The van der Waals surface area contributed by atoms with Gasteiger partial charge >= 0.3 is 5.97 Å². The lowest BCUT2D eigenvalue weighted by atomic mass is 10.1. The number of esters is 1. The highest BCUT2D eigenvalue weighted by atomic mass is 32.2. The molecule has 0 atom stereocenters. The van der Waals surface area contributed by atoms with Crippen molar-refractivity contribution < 1.29 is 27.1 Å². The second kappa shape index (κ2) is 7.91. The molecule has 0 aliphatic carbocycles. The number of nitrogens with two attached hydrogens (primary N) is 1. The standard InChI is InChI=1S/C14H22N2O6S/c1-20-14(17)11-9-13(22-10-11)23(18,19)16-6-3-12(4-7-16)21-8-2-5-15/h9-10,12H,2-8,15H2,1H3. The van der Waals surface area contributed by atoms with Gasteiger partial charge in [-0.25, -0.2) is 13.2 Å². The van der Waals surface area contributed by atoms with Crippen molar-refractivity contribution in [3.63, 3.8) is 0 Å². The normalized spacial score (nSPS) is 17.3. The number of carbonyl (C=O) groups excluding carboxylic acids is 1. The van der Waals surface area contributed by atoms with E-state index < -0.39 is 16.0 Å². The molecule has 9 heteroatoms. The zero-order chi connectivity index (χ0) is 16.9. The fourth-order valence-corrected chi connectivity index (χ4v) is 3.77. The summed E-state index contributed by atoms with van der Waals surface area (Å²) < 4.78 is 41.6. The predicted octanol–water partition coefficient (Wildman–Crippen LogP) is 0.585. The summed E-state index contributed by atoms with van der Waals surface area (Å²) in [6.45, 7) is 1.87. The molecule has 0 bridgehead atoms. The number of nitrogens with zero attached hydrogens (tertiary/aromatic N) is 1. The summed E-state index contributed by atoms with van der Waals surface area (Å²) in [6, 6.07) is 1.19. The number of ether oxygens (including phenoxy) is 2. The second-order valence-corrected chi connectivity index (χ2v) is 7.13. The molecule has 2 heterocycles. The molecule has 0 spiro atoms. The summed E-state index contributed by atoms with van der Waals surface area (Å²) in [5.74, 6) is -0.637. The van der Waals surface area contributed by atoms with E-state index in [9.17, 15) is 13.2 Å². The zero-order valence-corrected chi connectivity index (χ0v) is 13.9. The number of sulfonamides is 1. The van der Waals surface area contributed by atoms with Gasteiger partial charge in [0.1, 0.15) is 6.26 Å². The van der Waals surface area contributed by atoms with E-state index in [4.69, 9.17) is 14.9 Å². The van der Waals surface area contributed by atoms with Crippen molar-refractivity contribution >= 4 is 16.0 Å². The zero-order valence-electron chi connectivity index (χ0n) is 13.1. The largest absolute Gasteiger partial charge is 0.465 e. The third-order valence-electron chi connectivity index (χ3n) is 3.69. The van der Waals surface area contributed by atoms with Crippen molar-refractivity contribution in [1.29, 1.82) is 0 Å². The van der Waals surface area contributed by atoms with Crippen molar-refractivity contribution in [3.8, 4) is 0 Å². The molecular formula is C14H22N2O6S. The van der Waals surface area contributed by atoms with Crippen molar-refractivity contribution in [2.24, 2.45) is 5.73 Å². The minimum absolute atomic E-state index is 0.0511. The van der Waals surface area contributed by atoms with E-state index in [1.54, 1.807) is 0 Å². The van der Waals surface area contributed by atoms with Crippen LogP contribution in [0.15, 0.2) is 21.8 Å². The highest BCUT2D eigenvalue weighted by molar-refractivity contribution is 7.89. The third-order valence-corrected chi connectivity index (χ3v) is 5.46. The van der Waals surface area contributed by atoms with Gasteiger partial charge in [0.2, 0.25) is 5.09 Å². The number of carbonyl (C=O) groups is 1. The third kappa shape index (κ3) is 4.31. The summed E-state index contributed by atoms with van der Waals surface area (Å²) >= 11 is 0. The molecule has 130 valence electrons. The van der Waals surface area contributed by atoms with Crippen LogP contribution in [0.1, 0.15) is 29.6 Å². The Labute approximate surface area is 135 Å². The first kappa shape index (κ1) is 17.9. The molecular weight excluding hydrogens is 324 g/mol. The first-order chi connectivity index (χ1) is 11.0. The van der Waals surface area contributed by atoms with Gasteiger partial charge in [0.25, 0.3) is 10.0 Å². The molecule has 8 nitrogen and oxygen atoms in total. The van der Waals surface area contributed by atoms with Crippen molar-refractivity contribution in [2.75, 3.05) is 33.4 Å². The molecule has 0 aromatic carbocycles. The fourth-order valence-electron chi connectivity index (χ4n) is 2.38. The fraction of sp³-hybridized carbons (Fsp3) is 0.643.